The van der Waals surface area contributed by atoms with Crippen LogP contribution in [0, 0.1) is 0 Å². The van der Waals surface area contributed by atoms with Gasteiger partial charge in [-0.25, -0.2) is 4.79 Å². The number of alkyl carbamates (subject to hydrolysis) is 1. The molecular weight excluding hydrogens is 178 g/mol. The second-order valence-electron chi connectivity index (χ2n) is 4.57. The van der Waals surface area contributed by atoms with Gasteiger partial charge in [0, 0.05) is 5.54 Å². The zero-order chi connectivity index (χ0) is 11.0. The molecule has 0 aromatic heterocycles. The van der Waals surface area contributed by atoms with Crippen LogP contribution in [0.5, 0.6) is 0 Å². The van der Waals surface area contributed by atoms with Crippen LogP contribution in [0.15, 0.2) is 0 Å². The van der Waals surface area contributed by atoms with Gasteiger partial charge in [-0.1, -0.05) is 26.2 Å². The number of nitrogens with one attached hydrogen (secondary N) is 1. The minimum Gasteiger partial charge on any atom is -0.450 e. The first-order valence-electron chi connectivity index (χ1n) is 5.40. The van der Waals surface area contributed by atoms with E-state index in [-0.39, 0.29) is 11.6 Å². The topological polar surface area (TPSA) is 38.3 Å². The van der Waals surface area contributed by atoms with Crippen molar-refractivity contribution in [2.24, 2.45) is 0 Å². The zero-order valence-corrected chi connectivity index (χ0v) is 9.85. The van der Waals surface area contributed by atoms with Crippen LogP contribution in [-0.2, 0) is 4.74 Å². The molecule has 3 nitrogen and oxygen atoms in total. The van der Waals surface area contributed by atoms with Gasteiger partial charge in [-0.15, -0.1) is 0 Å². The largest absolute Gasteiger partial charge is 0.450 e. The molecule has 0 radical (unpaired) electrons. The molecule has 1 N–H and O–H groups in total. The van der Waals surface area contributed by atoms with E-state index in [9.17, 15) is 4.79 Å². The van der Waals surface area contributed by atoms with Crippen LogP contribution in [0.4, 0.5) is 4.79 Å². The Morgan fingerprint density at radius 1 is 1.21 bits per heavy atom. The van der Waals surface area contributed by atoms with Gasteiger partial charge in [0.1, 0.15) is 0 Å². The predicted molar refractivity (Wildman–Crippen MR) is 58.4 cm³/mol. The number of amides is 1. The van der Waals surface area contributed by atoms with Gasteiger partial charge in [-0.2, -0.15) is 0 Å². The summed E-state index contributed by atoms with van der Waals surface area (Å²) in [6, 6.07) is 0. The Labute approximate surface area is 87.2 Å². The van der Waals surface area contributed by atoms with Crippen molar-refractivity contribution >= 4 is 6.09 Å². The zero-order valence-electron chi connectivity index (χ0n) is 9.85. The molecule has 0 aromatic rings. The fraction of sp³-hybridized carbons (Fsp3) is 0.909. The Kier molecular flexibility index (Phi) is 6.34. The van der Waals surface area contributed by atoms with E-state index >= 15 is 0 Å². The summed E-state index contributed by atoms with van der Waals surface area (Å²) in [5.41, 5.74) is -0.208. The van der Waals surface area contributed by atoms with Gasteiger partial charge < -0.3 is 10.1 Å². The van der Waals surface area contributed by atoms with Crippen molar-refractivity contribution in [1.82, 2.24) is 5.32 Å². The average Bonchev–Trinajstić information content (AvgIpc) is 2.00. The molecule has 0 aliphatic rings. The Bertz CT molecular complexity index is 161. The lowest BCUT2D eigenvalue weighted by atomic mass is 10.1. The minimum absolute atomic E-state index is 0.208. The molecule has 0 aliphatic carbocycles. The van der Waals surface area contributed by atoms with Crippen LogP contribution in [0.2, 0.25) is 0 Å². The summed E-state index contributed by atoms with van der Waals surface area (Å²) in [4.78, 5) is 11.2. The summed E-state index contributed by atoms with van der Waals surface area (Å²) in [5.74, 6) is 0. The Balaban J connectivity index is 3.36. The molecule has 0 fully saturated rings. The van der Waals surface area contributed by atoms with E-state index in [4.69, 9.17) is 4.74 Å². The minimum atomic E-state index is -0.311. The number of ether oxygens (including phenoxy) is 1. The highest BCUT2D eigenvalue weighted by Crippen LogP contribution is 2.01. The number of rotatable bonds is 5. The van der Waals surface area contributed by atoms with Gasteiger partial charge in [0.2, 0.25) is 0 Å². The average molecular weight is 201 g/mol. The first kappa shape index (κ1) is 13.3. The maximum atomic E-state index is 11.2. The molecule has 0 bridgehead atoms. The van der Waals surface area contributed by atoms with Crippen molar-refractivity contribution in [3.8, 4) is 0 Å². The van der Waals surface area contributed by atoms with Crippen molar-refractivity contribution in [3.63, 3.8) is 0 Å². The van der Waals surface area contributed by atoms with Crippen molar-refractivity contribution in [2.75, 3.05) is 6.61 Å². The highest BCUT2D eigenvalue weighted by molar-refractivity contribution is 5.67. The lowest BCUT2D eigenvalue weighted by Crippen LogP contribution is -2.41. The Morgan fingerprint density at radius 2 is 1.86 bits per heavy atom. The summed E-state index contributed by atoms with van der Waals surface area (Å²) in [7, 11) is 0. The summed E-state index contributed by atoms with van der Waals surface area (Å²) in [5, 5.41) is 2.75. The van der Waals surface area contributed by atoms with Gasteiger partial charge in [0.05, 0.1) is 6.61 Å². The van der Waals surface area contributed by atoms with Gasteiger partial charge >= 0.3 is 6.09 Å². The molecule has 0 atom stereocenters. The highest BCUT2D eigenvalue weighted by Gasteiger charge is 2.13. The maximum Gasteiger partial charge on any atom is 0.407 e. The molecule has 0 aliphatic heterocycles. The molecule has 0 rings (SSSR count). The third kappa shape index (κ3) is 9.36. The molecule has 0 heterocycles. The van der Waals surface area contributed by atoms with E-state index in [0.717, 1.165) is 12.8 Å². The molecule has 0 aromatic carbocycles. The van der Waals surface area contributed by atoms with Crippen LogP contribution in [-0.4, -0.2) is 18.2 Å². The van der Waals surface area contributed by atoms with Crippen LogP contribution >= 0.6 is 0 Å². The van der Waals surface area contributed by atoms with Crippen molar-refractivity contribution in [2.45, 2.75) is 58.9 Å². The number of hydrogen-bond acceptors (Lipinski definition) is 2. The second kappa shape index (κ2) is 6.68. The van der Waals surface area contributed by atoms with E-state index < -0.39 is 0 Å². The van der Waals surface area contributed by atoms with Crippen molar-refractivity contribution in [1.29, 1.82) is 0 Å². The third-order valence-electron chi connectivity index (χ3n) is 1.71. The second-order valence-corrected chi connectivity index (χ2v) is 4.57. The fourth-order valence-electron chi connectivity index (χ4n) is 1.04. The maximum absolute atomic E-state index is 11.2. The van der Waals surface area contributed by atoms with E-state index in [1.165, 1.54) is 12.8 Å². The van der Waals surface area contributed by atoms with E-state index in [2.05, 4.69) is 12.2 Å². The molecule has 3 heteroatoms. The molecular formula is C11H23NO2. The Hall–Kier alpha value is -0.730. The molecule has 0 saturated heterocycles. The smallest absolute Gasteiger partial charge is 0.407 e. The molecule has 14 heavy (non-hydrogen) atoms. The van der Waals surface area contributed by atoms with E-state index in [0.29, 0.717) is 6.61 Å². The molecule has 0 saturated carbocycles. The summed E-state index contributed by atoms with van der Waals surface area (Å²) < 4.78 is 5.01. The first-order valence-corrected chi connectivity index (χ1v) is 5.40. The summed E-state index contributed by atoms with van der Waals surface area (Å²) >= 11 is 0. The number of hydrogen-bond donors (Lipinski definition) is 1. The molecule has 84 valence electrons. The van der Waals surface area contributed by atoms with E-state index in [1.54, 1.807) is 0 Å². The molecule has 0 unspecified atom stereocenters. The molecule has 0 spiro atoms. The van der Waals surface area contributed by atoms with Gasteiger partial charge in [-0.3, -0.25) is 0 Å². The third-order valence-corrected chi connectivity index (χ3v) is 1.71. The summed E-state index contributed by atoms with van der Waals surface area (Å²) in [6.45, 7) is 8.50. The summed E-state index contributed by atoms with van der Waals surface area (Å²) in [6.07, 6.45) is 4.21. The number of carbonyl (C=O) groups excluding carboxylic acids is 1. The van der Waals surface area contributed by atoms with Gasteiger partial charge in [0.25, 0.3) is 0 Å². The lowest BCUT2D eigenvalue weighted by molar-refractivity contribution is 0.135. The standard InChI is InChI=1S/C11H23NO2/c1-5-6-7-8-9-14-10(13)12-11(2,3)4/h5-9H2,1-4H3,(H,12,13). The van der Waals surface area contributed by atoms with Crippen molar-refractivity contribution in [3.05, 3.63) is 0 Å². The first-order chi connectivity index (χ1) is 6.45. The van der Waals surface area contributed by atoms with E-state index in [1.807, 2.05) is 20.8 Å². The number of unbranched alkanes of at least 4 members (excludes halogenated alkanes) is 3. The van der Waals surface area contributed by atoms with Crippen LogP contribution < -0.4 is 5.32 Å². The van der Waals surface area contributed by atoms with Gasteiger partial charge in [-0.05, 0) is 27.2 Å². The van der Waals surface area contributed by atoms with Gasteiger partial charge in [0.15, 0.2) is 0 Å². The SMILES string of the molecule is CCCCCCOC(=O)NC(C)(C)C. The lowest BCUT2D eigenvalue weighted by Gasteiger charge is -2.19. The molecule has 1 amide bonds. The van der Waals surface area contributed by atoms with Crippen LogP contribution in [0.1, 0.15) is 53.4 Å². The predicted octanol–water partition coefficient (Wildman–Crippen LogP) is 3.09. The fourth-order valence-corrected chi connectivity index (χ4v) is 1.04. The Morgan fingerprint density at radius 3 is 2.36 bits per heavy atom. The quantitative estimate of drug-likeness (QED) is 0.694. The highest BCUT2D eigenvalue weighted by atomic mass is 16.5. The number of carbonyl (C=O) groups is 1. The normalized spacial score (nSPS) is 11.1. The van der Waals surface area contributed by atoms with Crippen LogP contribution in [0.3, 0.4) is 0 Å². The van der Waals surface area contributed by atoms with Crippen LogP contribution in [0.25, 0.3) is 0 Å². The monoisotopic (exact) mass is 201 g/mol. The van der Waals surface area contributed by atoms with Crippen molar-refractivity contribution < 1.29 is 9.53 Å².